The number of hydrogen-bond donors (Lipinski definition) is 0. The second-order valence-electron chi connectivity index (χ2n) is 8.68. The van der Waals surface area contributed by atoms with Crippen molar-refractivity contribution in [1.82, 2.24) is 19.8 Å². The molecule has 1 aromatic carbocycles. The first-order chi connectivity index (χ1) is 14.9. The summed E-state index contributed by atoms with van der Waals surface area (Å²) in [6.45, 7) is 2.18. The summed E-state index contributed by atoms with van der Waals surface area (Å²) in [4.78, 5) is 26.9. The van der Waals surface area contributed by atoms with E-state index in [0.717, 1.165) is 48.2 Å². The second kappa shape index (κ2) is 7.78. The maximum Gasteiger partial charge on any atom is 0.406 e. The van der Waals surface area contributed by atoms with E-state index in [-0.39, 0.29) is 12.5 Å². The predicted molar refractivity (Wildman–Crippen MR) is 109 cm³/mol. The maximum atomic E-state index is 12.7. The maximum absolute atomic E-state index is 12.7. The zero-order valence-electron chi connectivity index (χ0n) is 17.0. The minimum Gasteiger partial charge on any atom is -0.355 e. The van der Waals surface area contributed by atoms with Crippen LogP contribution in [0.2, 0.25) is 0 Å². The van der Waals surface area contributed by atoms with Gasteiger partial charge in [0.25, 0.3) is 0 Å². The highest BCUT2D eigenvalue weighted by molar-refractivity contribution is 5.84. The van der Waals surface area contributed by atoms with Crippen LogP contribution in [0.25, 0.3) is 11.3 Å². The SMILES string of the molecule is O=C1C(N2CC3CN(c4cnc(-c5ccccc5)cn4)CC3C2)CCN1CC(F)(F)F. The van der Waals surface area contributed by atoms with Crippen LogP contribution in [0.4, 0.5) is 19.0 Å². The monoisotopic (exact) mass is 431 g/mol. The summed E-state index contributed by atoms with van der Waals surface area (Å²) in [6.07, 6.45) is -0.275. The van der Waals surface area contributed by atoms with Gasteiger partial charge in [-0.15, -0.1) is 0 Å². The molecule has 0 bridgehead atoms. The highest BCUT2D eigenvalue weighted by atomic mass is 19.4. The van der Waals surface area contributed by atoms with Crippen molar-refractivity contribution in [1.29, 1.82) is 0 Å². The largest absolute Gasteiger partial charge is 0.406 e. The number of nitrogens with zero attached hydrogens (tertiary/aromatic N) is 5. The first-order valence-corrected chi connectivity index (χ1v) is 10.6. The number of hydrogen-bond acceptors (Lipinski definition) is 5. The Hall–Kier alpha value is -2.68. The number of anilines is 1. The van der Waals surface area contributed by atoms with Gasteiger partial charge in [0.05, 0.1) is 24.1 Å². The van der Waals surface area contributed by atoms with Gasteiger partial charge in [0.15, 0.2) is 0 Å². The summed E-state index contributed by atoms with van der Waals surface area (Å²) in [6, 6.07) is 9.49. The molecule has 9 heteroatoms. The van der Waals surface area contributed by atoms with Crippen molar-refractivity contribution >= 4 is 11.7 Å². The third-order valence-electron chi connectivity index (χ3n) is 6.63. The number of likely N-dealkylation sites (tertiary alicyclic amines) is 2. The number of benzene rings is 1. The number of halogens is 3. The first-order valence-electron chi connectivity index (χ1n) is 10.6. The van der Waals surface area contributed by atoms with E-state index in [1.54, 1.807) is 12.4 Å². The van der Waals surface area contributed by atoms with Gasteiger partial charge in [0, 0.05) is 38.3 Å². The van der Waals surface area contributed by atoms with Gasteiger partial charge in [-0.3, -0.25) is 14.7 Å². The van der Waals surface area contributed by atoms with Gasteiger partial charge in [-0.2, -0.15) is 13.2 Å². The number of aromatic nitrogens is 2. The van der Waals surface area contributed by atoms with Crippen molar-refractivity contribution in [2.24, 2.45) is 11.8 Å². The van der Waals surface area contributed by atoms with Crippen LogP contribution in [0.3, 0.4) is 0 Å². The Morgan fingerprint density at radius 3 is 2.29 bits per heavy atom. The van der Waals surface area contributed by atoms with Crippen molar-refractivity contribution in [3.05, 3.63) is 42.7 Å². The molecule has 3 aliphatic heterocycles. The summed E-state index contributed by atoms with van der Waals surface area (Å²) in [5, 5.41) is 0. The van der Waals surface area contributed by atoms with E-state index >= 15 is 0 Å². The molecule has 164 valence electrons. The van der Waals surface area contributed by atoms with Crippen molar-refractivity contribution in [3.63, 3.8) is 0 Å². The highest BCUT2D eigenvalue weighted by Gasteiger charge is 2.47. The van der Waals surface area contributed by atoms with Gasteiger partial charge >= 0.3 is 6.18 Å². The van der Waals surface area contributed by atoms with Crippen LogP contribution in [0, 0.1) is 11.8 Å². The van der Waals surface area contributed by atoms with Crippen LogP contribution in [-0.4, -0.2) is 77.2 Å². The summed E-state index contributed by atoms with van der Waals surface area (Å²) in [5.74, 6) is 1.24. The summed E-state index contributed by atoms with van der Waals surface area (Å²) < 4.78 is 38.0. The zero-order valence-corrected chi connectivity index (χ0v) is 17.0. The lowest BCUT2D eigenvalue weighted by Gasteiger charge is -2.26. The fourth-order valence-electron chi connectivity index (χ4n) is 5.15. The number of carbonyl (C=O) groups excluding carboxylic acids is 1. The lowest BCUT2D eigenvalue weighted by Crippen LogP contribution is -2.44. The average Bonchev–Trinajstić information content (AvgIpc) is 3.41. The van der Waals surface area contributed by atoms with Crippen LogP contribution < -0.4 is 4.90 Å². The van der Waals surface area contributed by atoms with Crippen molar-refractivity contribution in [2.45, 2.75) is 18.6 Å². The fourth-order valence-corrected chi connectivity index (χ4v) is 5.15. The molecule has 0 spiro atoms. The molecule has 0 N–H and O–H groups in total. The van der Waals surface area contributed by atoms with Crippen LogP contribution >= 0.6 is 0 Å². The smallest absolute Gasteiger partial charge is 0.355 e. The Morgan fingerprint density at radius 2 is 1.68 bits per heavy atom. The Kier molecular flexibility index (Phi) is 5.08. The second-order valence-corrected chi connectivity index (χ2v) is 8.68. The van der Waals surface area contributed by atoms with Gasteiger partial charge in [-0.05, 0) is 18.3 Å². The van der Waals surface area contributed by atoms with E-state index < -0.39 is 18.8 Å². The quantitative estimate of drug-likeness (QED) is 0.745. The molecule has 3 unspecified atom stereocenters. The third-order valence-corrected chi connectivity index (χ3v) is 6.63. The van der Waals surface area contributed by atoms with E-state index in [2.05, 4.69) is 19.8 Å². The van der Waals surface area contributed by atoms with Crippen molar-refractivity contribution in [3.8, 4) is 11.3 Å². The number of fused-ring (bicyclic) bond motifs is 1. The van der Waals surface area contributed by atoms with Gasteiger partial charge in [0.2, 0.25) is 5.91 Å². The minimum absolute atomic E-state index is 0.185. The first kappa shape index (κ1) is 20.2. The molecule has 3 fully saturated rings. The molecule has 0 saturated carbocycles. The summed E-state index contributed by atoms with van der Waals surface area (Å²) in [7, 11) is 0. The van der Waals surface area contributed by atoms with Crippen LogP contribution in [0.5, 0.6) is 0 Å². The molecule has 4 heterocycles. The van der Waals surface area contributed by atoms with Crippen LogP contribution in [0.1, 0.15) is 6.42 Å². The van der Waals surface area contributed by atoms with E-state index in [1.807, 2.05) is 30.3 Å². The Balaban J connectivity index is 1.18. The molecule has 0 radical (unpaired) electrons. The number of alkyl halides is 3. The predicted octanol–water partition coefficient (Wildman–Crippen LogP) is 2.67. The van der Waals surface area contributed by atoms with Crippen LogP contribution in [-0.2, 0) is 4.79 Å². The molecule has 1 aromatic heterocycles. The van der Waals surface area contributed by atoms with E-state index in [4.69, 9.17) is 0 Å². The average molecular weight is 431 g/mol. The zero-order chi connectivity index (χ0) is 21.6. The van der Waals surface area contributed by atoms with E-state index in [9.17, 15) is 18.0 Å². The minimum atomic E-state index is -4.34. The fraction of sp³-hybridized carbons (Fsp3) is 0.500. The lowest BCUT2D eigenvalue weighted by molar-refractivity contribution is -0.159. The van der Waals surface area contributed by atoms with Gasteiger partial charge in [0.1, 0.15) is 12.4 Å². The molecule has 31 heavy (non-hydrogen) atoms. The van der Waals surface area contributed by atoms with Crippen molar-refractivity contribution in [2.75, 3.05) is 44.2 Å². The Bertz CT molecular complexity index is 922. The summed E-state index contributed by atoms with van der Waals surface area (Å²) in [5.41, 5.74) is 1.86. The van der Waals surface area contributed by atoms with Crippen LogP contribution in [0.15, 0.2) is 42.7 Å². The van der Waals surface area contributed by atoms with E-state index in [0.29, 0.717) is 18.3 Å². The normalized spacial score (nSPS) is 26.7. The third kappa shape index (κ3) is 4.11. The Labute approximate surface area is 178 Å². The molecular weight excluding hydrogens is 407 g/mol. The topological polar surface area (TPSA) is 52.6 Å². The van der Waals surface area contributed by atoms with Gasteiger partial charge < -0.3 is 9.80 Å². The van der Waals surface area contributed by atoms with Gasteiger partial charge in [-0.25, -0.2) is 4.98 Å². The number of rotatable bonds is 4. The molecule has 0 aliphatic carbocycles. The van der Waals surface area contributed by atoms with Gasteiger partial charge in [-0.1, -0.05) is 30.3 Å². The molecule has 5 rings (SSSR count). The van der Waals surface area contributed by atoms with Crippen molar-refractivity contribution < 1.29 is 18.0 Å². The Morgan fingerprint density at radius 1 is 0.968 bits per heavy atom. The number of amides is 1. The number of carbonyl (C=O) groups is 1. The summed E-state index contributed by atoms with van der Waals surface area (Å²) >= 11 is 0. The molecular formula is C22H24F3N5O. The lowest BCUT2D eigenvalue weighted by atomic mass is 10.0. The van der Waals surface area contributed by atoms with E-state index in [1.165, 1.54) is 0 Å². The molecule has 3 saturated heterocycles. The molecule has 2 aromatic rings. The highest BCUT2D eigenvalue weighted by Crippen LogP contribution is 2.36. The molecule has 3 aliphatic rings. The molecule has 1 amide bonds. The molecule has 6 nitrogen and oxygen atoms in total. The molecule has 3 atom stereocenters. The standard InChI is InChI=1S/C22H24F3N5O/c23-22(24,25)14-28-7-6-19(21(28)31)29-10-16-12-30(13-17(16)11-29)20-9-26-18(8-27-20)15-4-2-1-3-5-15/h1-5,8-9,16-17,19H,6-7,10-14H2.